The van der Waals surface area contributed by atoms with E-state index in [9.17, 15) is 9.59 Å². The smallest absolute Gasteiger partial charge is 0.248 e. The predicted octanol–water partition coefficient (Wildman–Crippen LogP) is 0.382. The molecule has 1 aromatic carbocycles. The number of fused-ring (bicyclic) bond motifs is 1. The third-order valence-electron chi connectivity index (χ3n) is 3.14. The molecule has 1 heterocycles. The van der Waals surface area contributed by atoms with Gasteiger partial charge in [-0.05, 0) is 6.07 Å². The lowest BCUT2D eigenvalue weighted by Crippen LogP contribution is -2.38. The third kappa shape index (κ3) is 2.09. The van der Waals surface area contributed by atoms with E-state index in [0.717, 1.165) is 11.3 Å². The molecule has 2 amide bonds. The van der Waals surface area contributed by atoms with Gasteiger partial charge in [-0.25, -0.2) is 0 Å². The molecule has 18 heavy (non-hydrogen) atoms. The highest BCUT2D eigenvalue weighted by Gasteiger charge is 2.34. The summed E-state index contributed by atoms with van der Waals surface area (Å²) in [5.74, 6) is -0.0717. The molecule has 0 fully saturated rings. The van der Waals surface area contributed by atoms with Gasteiger partial charge in [0.2, 0.25) is 11.8 Å². The zero-order valence-corrected chi connectivity index (χ0v) is 10.8. The number of benzene rings is 1. The van der Waals surface area contributed by atoms with Gasteiger partial charge in [0, 0.05) is 32.4 Å². The Balaban J connectivity index is 2.15. The van der Waals surface area contributed by atoms with Crippen LogP contribution in [0.4, 0.5) is 5.69 Å². The van der Waals surface area contributed by atoms with Crippen LogP contribution >= 0.6 is 0 Å². The Labute approximate surface area is 106 Å². The van der Waals surface area contributed by atoms with Crippen molar-refractivity contribution in [3.8, 4) is 0 Å². The number of anilines is 1. The van der Waals surface area contributed by atoms with Crippen molar-refractivity contribution in [2.24, 2.45) is 0 Å². The number of likely N-dealkylation sites (N-methyl/N-ethyl adjacent to an activating group) is 2. The molecule has 0 bridgehead atoms. The van der Waals surface area contributed by atoms with Gasteiger partial charge < -0.3 is 9.80 Å². The Morgan fingerprint density at radius 3 is 2.72 bits per heavy atom. The van der Waals surface area contributed by atoms with Gasteiger partial charge in [-0.1, -0.05) is 18.2 Å². The van der Waals surface area contributed by atoms with Crippen LogP contribution in [-0.4, -0.2) is 44.4 Å². The molecule has 96 valence electrons. The van der Waals surface area contributed by atoms with Crippen LogP contribution in [0.25, 0.3) is 0 Å². The largest absolute Gasteiger partial charge is 0.348 e. The Hall–Kier alpha value is -1.88. The Morgan fingerprint density at radius 2 is 2.06 bits per heavy atom. The highest BCUT2D eigenvalue weighted by atomic mass is 16.2. The first kappa shape index (κ1) is 12.6. The van der Waals surface area contributed by atoms with E-state index in [4.69, 9.17) is 0 Å². The SMILES string of the molecule is CN(C)C(=O)CNC1C(=O)N(C)c2ccccc21. The van der Waals surface area contributed by atoms with Crippen molar-refractivity contribution in [3.63, 3.8) is 0 Å². The molecule has 2 rings (SSSR count). The Morgan fingerprint density at radius 1 is 1.39 bits per heavy atom. The average Bonchev–Trinajstić information content (AvgIpc) is 2.60. The maximum Gasteiger partial charge on any atom is 0.248 e. The molecule has 0 radical (unpaired) electrons. The molecule has 0 aromatic heterocycles. The highest BCUT2D eigenvalue weighted by molar-refractivity contribution is 6.04. The number of hydrogen-bond acceptors (Lipinski definition) is 3. The highest BCUT2D eigenvalue weighted by Crippen LogP contribution is 2.34. The molecular formula is C13H17N3O2. The number of nitrogens with one attached hydrogen (secondary N) is 1. The summed E-state index contributed by atoms with van der Waals surface area (Å²) in [6, 6.07) is 7.19. The van der Waals surface area contributed by atoms with Crippen LogP contribution in [0.3, 0.4) is 0 Å². The van der Waals surface area contributed by atoms with E-state index in [0.29, 0.717) is 0 Å². The molecule has 0 spiro atoms. The molecule has 0 saturated carbocycles. The molecule has 0 aliphatic carbocycles. The first-order chi connectivity index (χ1) is 8.52. The predicted molar refractivity (Wildman–Crippen MR) is 69.3 cm³/mol. The van der Waals surface area contributed by atoms with E-state index in [1.165, 1.54) is 4.90 Å². The van der Waals surface area contributed by atoms with Gasteiger partial charge in [-0.2, -0.15) is 0 Å². The van der Waals surface area contributed by atoms with Gasteiger partial charge in [-0.3, -0.25) is 14.9 Å². The van der Waals surface area contributed by atoms with Gasteiger partial charge in [-0.15, -0.1) is 0 Å². The maximum atomic E-state index is 12.1. The van der Waals surface area contributed by atoms with Crippen LogP contribution in [-0.2, 0) is 9.59 Å². The molecule has 5 nitrogen and oxygen atoms in total. The van der Waals surface area contributed by atoms with Crippen LogP contribution in [0, 0.1) is 0 Å². The molecule has 1 unspecified atom stereocenters. The quantitative estimate of drug-likeness (QED) is 0.840. The maximum absolute atomic E-state index is 12.1. The second-order valence-electron chi connectivity index (χ2n) is 4.56. The second-order valence-corrected chi connectivity index (χ2v) is 4.56. The van der Waals surface area contributed by atoms with Crippen molar-refractivity contribution >= 4 is 17.5 Å². The van der Waals surface area contributed by atoms with Gasteiger partial charge >= 0.3 is 0 Å². The van der Waals surface area contributed by atoms with Crippen LogP contribution in [0.1, 0.15) is 11.6 Å². The minimum Gasteiger partial charge on any atom is -0.348 e. The van der Waals surface area contributed by atoms with Crippen molar-refractivity contribution in [2.75, 3.05) is 32.6 Å². The standard InChI is InChI=1S/C13H17N3O2/c1-15(2)11(17)8-14-12-9-6-4-5-7-10(9)16(3)13(12)18/h4-7,12,14H,8H2,1-3H3. The van der Waals surface area contributed by atoms with Crippen LogP contribution in [0.5, 0.6) is 0 Å². The number of carbonyl (C=O) groups excluding carboxylic acids is 2. The molecule has 1 aliphatic heterocycles. The lowest BCUT2D eigenvalue weighted by atomic mass is 10.1. The fourth-order valence-corrected chi connectivity index (χ4v) is 2.03. The number of nitrogens with zero attached hydrogens (tertiary/aromatic N) is 2. The zero-order valence-electron chi connectivity index (χ0n) is 10.8. The van der Waals surface area contributed by atoms with Crippen molar-refractivity contribution in [1.82, 2.24) is 10.2 Å². The molecule has 5 heteroatoms. The summed E-state index contributed by atoms with van der Waals surface area (Å²) in [6.07, 6.45) is 0. The van der Waals surface area contributed by atoms with Gasteiger partial charge in [0.15, 0.2) is 0 Å². The summed E-state index contributed by atoms with van der Waals surface area (Å²) >= 11 is 0. The number of amides is 2. The minimum absolute atomic E-state index is 0.0252. The molecule has 0 saturated heterocycles. The summed E-state index contributed by atoms with van der Waals surface area (Å²) in [6.45, 7) is 0.158. The molecular weight excluding hydrogens is 230 g/mol. The lowest BCUT2D eigenvalue weighted by molar-refractivity contribution is -0.128. The van der Waals surface area contributed by atoms with E-state index in [1.54, 1.807) is 26.0 Å². The molecule has 1 aliphatic rings. The summed E-state index contributed by atoms with van der Waals surface area (Å²) in [5.41, 5.74) is 1.83. The van der Waals surface area contributed by atoms with Gasteiger partial charge in [0.1, 0.15) is 6.04 Å². The first-order valence-corrected chi connectivity index (χ1v) is 5.82. The van der Waals surface area contributed by atoms with E-state index in [2.05, 4.69) is 5.32 Å². The minimum atomic E-state index is -0.421. The lowest BCUT2D eigenvalue weighted by Gasteiger charge is -2.15. The monoisotopic (exact) mass is 247 g/mol. The van der Waals surface area contributed by atoms with Crippen LogP contribution in [0.15, 0.2) is 24.3 Å². The molecule has 1 aromatic rings. The Bertz CT molecular complexity index is 485. The average molecular weight is 247 g/mol. The van der Waals surface area contributed by atoms with Crippen molar-refractivity contribution < 1.29 is 9.59 Å². The zero-order chi connectivity index (χ0) is 13.3. The summed E-state index contributed by atoms with van der Waals surface area (Å²) in [7, 11) is 5.14. The van der Waals surface area contributed by atoms with Gasteiger partial charge in [0.05, 0.1) is 6.54 Å². The van der Waals surface area contributed by atoms with Crippen molar-refractivity contribution in [2.45, 2.75) is 6.04 Å². The van der Waals surface area contributed by atoms with Crippen LogP contribution in [0.2, 0.25) is 0 Å². The van der Waals surface area contributed by atoms with Gasteiger partial charge in [0.25, 0.3) is 0 Å². The second kappa shape index (κ2) is 4.78. The summed E-state index contributed by atoms with van der Waals surface area (Å²) < 4.78 is 0. The third-order valence-corrected chi connectivity index (χ3v) is 3.14. The summed E-state index contributed by atoms with van der Waals surface area (Å²) in [5, 5.41) is 3.02. The van der Waals surface area contributed by atoms with E-state index in [1.807, 2.05) is 24.3 Å². The fourth-order valence-electron chi connectivity index (χ4n) is 2.03. The fraction of sp³-hybridized carbons (Fsp3) is 0.385. The van der Waals surface area contributed by atoms with E-state index >= 15 is 0 Å². The number of hydrogen-bond donors (Lipinski definition) is 1. The number of para-hydroxylation sites is 1. The van der Waals surface area contributed by atoms with Crippen molar-refractivity contribution in [3.05, 3.63) is 29.8 Å². The van der Waals surface area contributed by atoms with E-state index in [-0.39, 0.29) is 18.4 Å². The molecule has 1 atom stereocenters. The topological polar surface area (TPSA) is 52.7 Å². The molecule has 1 N–H and O–H groups in total. The van der Waals surface area contributed by atoms with E-state index < -0.39 is 6.04 Å². The number of rotatable bonds is 3. The normalized spacial score (nSPS) is 17.8. The van der Waals surface area contributed by atoms with Crippen LogP contribution < -0.4 is 10.2 Å². The summed E-state index contributed by atoms with van der Waals surface area (Å²) in [4.78, 5) is 26.7. The first-order valence-electron chi connectivity index (χ1n) is 5.82. The van der Waals surface area contributed by atoms with Crippen molar-refractivity contribution in [1.29, 1.82) is 0 Å². The number of carbonyl (C=O) groups is 2. The Kier molecular flexibility index (Phi) is 3.34.